The Morgan fingerprint density at radius 2 is 1.95 bits per heavy atom. The van der Waals surface area contributed by atoms with E-state index in [9.17, 15) is 9.90 Å². The minimum Gasteiger partial charge on any atom is -0.481 e. The maximum absolute atomic E-state index is 11.9. The van der Waals surface area contributed by atoms with Gasteiger partial charge in [0, 0.05) is 5.92 Å². The average molecular weight is 294 g/mol. The van der Waals surface area contributed by atoms with Gasteiger partial charge < -0.3 is 14.6 Å². The summed E-state index contributed by atoms with van der Waals surface area (Å²) in [5.41, 5.74) is -0.339. The Bertz CT molecular complexity index is 464. The van der Waals surface area contributed by atoms with Crippen molar-refractivity contribution in [3.05, 3.63) is 0 Å². The lowest BCUT2D eigenvalue weighted by Gasteiger charge is -2.43. The molecule has 1 N–H and O–H groups in total. The Morgan fingerprint density at radius 3 is 2.62 bits per heavy atom. The Labute approximate surface area is 126 Å². The summed E-state index contributed by atoms with van der Waals surface area (Å²) in [5, 5.41) is 9.77. The SMILES string of the molecule is CCC1(CC2C3OC3CCC2(C)C(=O)O)CCC2OC2C1. The number of fused-ring (bicyclic) bond motifs is 2. The van der Waals surface area contributed by atoms with E-state index in [0.29, 0.717) is 18.3 Å². The molecular formula is C17H26O4. The van der Waals surface area contributed by atoms with Gasteiger partial charge in [0.05, 0.1) is 29.8 Å². The summed E-state index contributed by atoms with van der Waals surface area (Å²) < 4.78 is 11.5. The van der Waals surface area contributed by atoms with E-state index in [-0.39, 0.29) is 17.4 Å². The molecule has 4 heteroatoms. The van der Waals surface area contributed by atoms with Crippen molar-refractivity contribution in [1.29, 1.82) is 0 Å². The summed E-state index contributed by atoms with van der Waals surface area (Å²) in [4.78, 5) is 11.9. The highest BCUT2D eigenvalue weighted by molar-refractivity contribution is 5.75. The van der Waals surface area contributed by atoms with Crippen LogP contribution in [0, 0.1) is 16.7 Å². The van der Waals surface area contributed by atoms with Gasteiger partial charge in [-0.15, -0.1) is 0 Å². The highest BCUT2D eigenvalue weighted by Gasteiger charge is 2.61. The zero-order valence-electron chi connectivity index (χ0n) is 13.0. The van der Waals surface area contributed by atoms with Crippen molar-refractivity contribution in [2.24, 2.45) is 16.7 Å². The summed E-state index contributed by atoms with van der Waals surface area (Å²) >= 11 is 0. The number of hydrogen-bond donors (Lipinski definition) is 1. The van der Waals surface area contributed by atoms with Gasteiger partial charge in [-0.05, 0) is 50.9 Å². The van der Waals surface area contributed by atoms with E-state index in [1.807, 2.05) is 6.92 Å². The zero-order valence-corrected chi connectivity index (χ0v) is 13.0. The molecule has 0 spiro atoms. The van der Waals surface area contributed by atoms with Gasteiger partial charge in [-0.3, -0.25) is 4.79 Å². The Kier molecular flexibility index (Phi) is 2.97. The molecule has 4 rings (SSSR count). The van der Waals surface area contributed by atoms with Gasteiger partial charge in [-0.1, -0.05) is 13.3 Å². The highest BCUT2D eigenvalue weighted by atomic mass is 16.6. The predicted molar refractivity (Wildman–Crippen MR) is 77.0 cm³/mol. The van der Waals surface area contributed by atoms with Crippen LogP contribution < -0.4 is 0 Å². The van der Waals surface area contributed by atoms with Crippen LogP contribution >= 0.6 is 0 Å². The van der Waals surface area contributed by atoms with E-state index in [4.69, 9.17) is 9.47 Å². The fourth-order valence-electron chi connectivity index (χ4n) is 5.05. The van der Waals surface area contributed by atoms with Crippen LogP contribution in [0.1, 0.15) is 58.8 Å². The molecule has 2 saturated carbocycles. The van der Waals surface area contributed by atoms with Crippen molar-refractivity contribution in [1.82, 2.24) is 0 Å². The molecule has 4 aliphatic rings. The fraction of sp³-hybridized carbons (Fsp3) is 0.941. The third-order valence-electron chi connectivity index (χ3n) is 6.96. The van der Waals surface area contributed by atoms with Crippen molar-refractivity contribution in [2.75, 3.05) is 0 Å². The predicted octanol–water partition coefficient (Wildman–Crippen LogP) is 2.99. The standard InChI is InChI=1S/C17H26O4/c1-3-17(7-5-11-13(9-17)20-11)8-10-14-12(21-14)4-6-16(10,2)15(18)19/h10-14H,3-9H2,1-2H3,(H,18,19). The van der Waals surface area contributed by atoms with E-state index < -0.39 is 11.4 Å². The van der Waals surface area contributed by atoms with Gasteiger partial charge in [-0.2, -0.15) is 0 Å². The van der Waals surface area contributed by atoms with Gasteiger partial charge in [0.25, 0.3) is 0 Å². The first kappa shape index (κ1) is 14.0. The average Bonchev–Trinajstić information content (AvgIpc) is 3.34. The molecule has 0 amide bonds. The third kappa shape index (κ3) is 2.14. The zero-order chi connectivity index (χ0) is 14.8. The van der Waals surface area contributed by atoms with Gasteiger partial charge in [0.15, 0.2) is 0 Å². The van der Waals surface area contributed by atoms with Crippen LogP contribution in [-0.4, -0.2) is 35.5 Å². The monoisotopic (exact) mass is 294 g/mol. The number of hydrogen-bond acceptors (Lipinski definition) is 3. The molecule has 2 aliphatic heterocycles. The number of carboxylic acids is 1. The first-order valence-corrected chi connectivity index (χ1v) is 8.52. The van der Waals surface area contributed by atoms with Gasteiger partial charge >= 0.3 is 5.97 Å². The maximum atomic E-state index is 11.9. The summed E-state index contributed by atoms with van der Waals surface area (Å²) in [5.74, 6) is -0.465. The summed E-state index contributed by atoms with van der Waals surface area (Å²) in [6.07, 6.45) is 8.76. The molecule has 118 valence electrons. The second-order valence-electron chi connectivity index (χ2n) is 8.02. The lowest BCUT2D eigenvalue weighted by molar-refractivity contribution is -0.154. The van der Waals surface area contributed by atoms with E-state index >= 15 is 0 Å². The molecule has 7 unspecified atom stereocenters. The first-order valence-electron chi connectivity index (χ1n) is 8.52. The molecule has 2 saturated heterocycles. The van der Waals surface area contributed by atoms with Crippen molar-refractivity contribution in [3.8, 4) is 0 Å². The molecule has 0 radical (unpaired) electrons. The Morgan fingerprint density at radius 1 is 1.19 bits per heavy atom. The molecule has 7 atom stereocenters. The molecule has 0 aromatic heterocycles. The number of carbonyl (C=O) groups is 1. The second-order valence-corrected chi connectivity index (χ2v) is 8.02. The van der Waals surface area contributed by atoms with Crippen molar-refractivity contribution in [2.45, 2.75) is 83.2 Å². The minimum absolute atomic E-state index is 0.170. The van der Waals surface area contributed by atoms with Crippen LogP contribution in [0.3, 0.4) is 0 Å². The molecule has 2 aliphatic carbocycles. The lowest BCUT2D eigenvalue weighted by atomic mass is 9.58. The van der Waals surface area contributed by atoms with Crippen molar-refractivity contribution < 1.29 is 19.4 Å². The minimum atomic E-state index is -0.635. The molecule has 4 nitrogen and oxygen atoms in total. The van der Waals surface area contributed by atoms with Crippen molar-refractivity contribution in [3.63, 3.8) is 0 Å². The highest BCUT2D eigenvalue weighted by Crippen LogP contribution is 2.58. The number of ether oxygens (including phenoxy) is 2. The Balaban J connectivity index is 1.56. The normalized spacial score (nSPS) is 54.5. The van der Waals surface area contributed by atoms with E-state index in [0.717, 1.165) is 38.5 Å². The van der Waals surface area contributed by atoms with Crippen LogP contribution in [0.25, 0.3) is 0 Å². The molecule has 0 aromatic carbocycles. The fourth-order valence-corrected chi connectivity index (χ4v) is 5.05. The van der Waals surface area contributed by atoms with Gasteiger partial charge in [0.2, 0.25) is 0 Å². The number of rotatable bonds is 4. The molecule has 4 fully saturated rings. The first-order chi connectivity index (χ1) is 9.97. The smallest absolute Gasteiger partial charge is 0.309 e. The molecule has 0 aromatic rings. The second kappa shape index (κ2) is 4.45. The van der Waals surface area contributed by atoms with Crippen LogP contribution in [0.4, 0.5) is 0 Å². The largest absolute Gasteiger partial charge is 0.481 e. The number of aliphatic carboxylic acids is 1. The van der Waals surface area contributed by atoms with Gasteiger partial charge in [0.1, 0.15) is 0 Å². The maximum Gasteiger partial charge on any atom is 0.309 e. The summed E-state index contributed by atoms with van der Waals surface area (Å²) in [6.45, 7) is 4.20. The van der Waals surface area contributed by atoms with Crippen LogP contribution in [0.15, 0.2) is 0 Å². The van der Waals surface area contributed by atoms with Crippen LogP contribution in [0.2, 0.25) is 0 Å². The van der Waals surface area contributed by atoms with E-state index in [1.54, 1.807) is 0 Å². The molecule has 2 heterocycles. The third-order valence-corrected chi connectivity index (χ3v) is 6.96. The number of epoxide rings is 2. The van der Waals surface area contributed by atoms with Crippen molar-refractivity contribution >= 4 is 5.97 Å². The Hall–Kier alpha value is -0.610. The van der Waals surface area contributed by atoms with Crippen LogP contribution in [-0.2, 0) is 14.3 Å². The summed E-state index contributed by atoms with van der Waals surface area (Å²) in [6, 6.07) is 0. The summed E-state index contributed by atoms with van der Waals surface area (Å²) in [7, 11) is 0. The number of carboxylic acid groups (broad SMARTS) is 1. The van der Waals surface area contributed by atoms with E-state index in [2.05, 4.69) is 6.92 Å². The molecular weight excluding hydrogens is 268 g/mol. The quantitative estimate of drug-likeness (QED) is 0.810. The van der Waals surface area contributed by atoms with Gasteiger partial charge in [-0.25, -0.2) is 0 Å². The van der Waals surface area contributed by atoms with Crippen LogP contribution in [0.5, 0.6) is 0 Å². The lowest BCUT2D eigenvalue weighted by Crippen LogP contribution is -2.45. The topological polar surface area (TPSA) is 62.4 Å². The molecule has 21 heavy (non-hydrogen) atoms. The molecule has 0 bridgehead atoms. The van der Waals surface area contributed by atoms with E-state index in [1.165, 1.54) is 6.42 Å².